The average Bonchev–Trinajstić information content (AvgIpc) is 3.29. The van der Waals surface area contributed by atoms with E-state index >= 15 is 0 Å². The van der Waals surface area contributed by atoms with Crippen LogP contribution in [0.15, 0.2) is 52.9 Å². The van der Waals surface area contributed by atoms with Gasteiger partial charge in [0, 0.05) is 6.20 Å². The zero-order valence-electron chi connectivity index (χ0n) is 15.1. The van der Waals surface area contributed by atoms with Crippen molar-refractivity contribution >= 4 is 33.0 Å². The molecule has 27 heavy (non-hydrogen) atoms. The fourth-order valence-corrected chi connectivity index (χ4v) is 5.55. The maximum atomic E-state index is 12.8. The van der Waals surface area contributed by atoms with Crippen molar-refractivity contribution in [3.05, 3.63) is 58.7 Å². The van der Waals surface area contributed by atoms with Gasteiger partial charge >= 0.3 is 0 Å². The summed E-state index contributed by atoms with van der Waals surface area (Å²) in [6, 6.07) is 11.9. The number of thiophene rings is 1. The minimum atomic E-state index is -3.70. The number of ether oxygens (including phenoxy) is 1. The maximum absolute atomic E-state index is 12.8. The highest BCUT2D eigenvalue weighted by Crippen LogP contribution is 2.30. The summed E-state index contributed by atoms with van der Waals surface area (Å²) < 4.78 is 35.9. The Morgan fingerprint density at radius 2 is 1.85 bits per heavy atom. The third-order valence-corrected chi connectivity index (χ3v) is 7.23. The van der Waals surface area contributed by atoms with Gasteiger partial charge in [0.15, 0.2) is 0 Å². The quantitative estimate of drug-likeness (QED) is 0.613. The van der Waals surface area contributed by atoms with Gasteiger partial charge in [0.05, 0.1) is 28.9 Å². The molecule has 0 amide bonds. The van der Waals surface area contributed by atoms with Crippen LogP contribution in [0.2, 0.25) is 4.34 Å². The molecular weight excluding hydrogens is 406 g/mol. The topological polar surface area (TPSA) is 73.2 Å². The van der Waals surface area contributed by atoms with E-state index in [1.165, 1.54) is 6.07 Å². The first-order valence-electron chi connectivity index (χ1n) is 8.28. The summed E-state index contributed by atoms with van der Waals surface area (Å²) in [5.74, 6) is 0.743. The van der Waals surface area contributed by atoms with E-state index in [-0.39, 0.29) is 10.1 Å². The molecule has 0 aliphatic rings. The Morgan fingerprint density at radius 1 is 1.15 bits per heavy atom. The van der Waals surface area contributed by atoms with Gasteiger partial charge in [-0.05, 0) is 48.4 Å². The average molecular weight is 426 g/mol. The van der Waals surface area contributed by atoms with Crippen LogP contribution in [0.3, 0.4) is 0 Å². The molecule has 1 atom stereocenters. The number of benzene rings is 1. The second-order valence-electron chi connectivity index (χ2n) is 6.27. The normalized spacial score (nSPS) is 13.1. The van der Waals surface area contributed by atoms with Crippen LogP contribution in [0.25, 0.3) is 5.69 Å². The van der Waals surface area contributed by atoms with E-state index in [0.717, 1.165) is 28.5 Å². The third-order valence-electron chi connectivity index (χ3n) is 4.07. The summed E-state index contributed by atoms with van der Waals surface area (Å²) in [5, 5.41) is 4.37. The number of nitrogens with one attached hydrogen (secondary N) is 1. The van der Waals surface area contributed by atoms with E-state index in [9.17, 15) is 8.42 Å². The van der Waals surface area contributed by atoms with Crippen LogP contribution in [-0.2, 0) is 10.0 Å². The molecule has 9 heteroatoms. The van der Waals surface area contributed by atoms with Crippen molar-refractivity contribution in [2.75, 3.05) is 7.11 Å². The fraction of sp³-hybridized carbons (Fsp3) is 0.278. The van der Waals surface area contributed by atoms with Gasteiger partial charge < -0.3 is 4.74 Å². The molecule has 0 aliphatic heterocycles. The molecule has 0 saturated heterocycles. The molecule has 1 N–H and O–H groups in total. The minimum Gasteiger partial charge on any atom is -0.497 e. The van der Waals surface area contributed by atoms with Crippen LogP contribution >= 0.6 is 22.9 Å². The molecule has 1 aromatic carbocycles. The lowest BCUT2D eigenvalue weighted by Crippen LogP contribution is -2.32. The van der Waals surface area contributed by atoms with Crippen molar-refractivity contribution in [2.45, 2.75) is 24.1 Å². The molecule has 0 unspecified atom stereocenters. The summed E-state index contributed by atoms with van der Waals surface area (Å²) in [6.07, 6.45) is 1.66. The molecule has 0 bridgehead atoms. The second kappa shape index (κ2) is 8.02. The Morgan fingerprint density at radius 3 is 2.41 bits per heavy atom. The van der Waals surface area contributed by atoms with Crippen LogP contribution < -0.4 is 9.46 Å². The van der Waals surface area contributed by atoms with E-state index in [4.69, 9.17) is 16.3 Å². The third kappa shape index (κ3) is 4.35. The lowest BCUT2D eigenvalue weighted by molar-refractivity contribution is 0.414. The van der Waals surface area contributed by atoms with Crippen molar-refractivity contribution in [3.63, 3.8) is 0 Å². The standard InChI is InChI=1S/C18H20ClN3O3S2/c1-12(2)18(21-27(23,24)17-9-8-16(19)26-17)15-10-11-20-22(15)13-4-6-14(25-3)7-5-13/h4-12,18,21H,1-3H3/t18-/m0/s1. The smallest absolute Gasteiger partial charge is 0.250 e. The first-order chi connectivity index (χ1) is 12.8. The molecule has 144 valence electrons. The molecule has 3 aromatic rings. The van der Waals surface area contributed by atoms with Crippen molar-refractivity contribution in [3.8, 4) is 11.4 Å². The number of hydrogen-bond acceptors (Lipinski definition) is 5. The van der Waals surface area contributed by atoms with Gasteiger partial charge in [-0.15, -0.1) is 11.3 Å². The lowest BCUT2D eigenvalue weighted by atomic mass is 10.0. The molecule has 2 heterocycles. The Labute approximate surface area is 167 Å². The lowest BCUT2D eigenvalue weighted by Gasteiger charge is -2.23. The molecule has 0 saturated carbocycles. The Hall–Kier alpha value is -1.87. The summed E-state index contributed by atoms with van der Waals surface area (Å²) >= 11 is 6.93. The van der Waals surface area contributed by atoms with E-state index in [1.807, 2.05) is 44.2 Å². The van der Waals surface area contributed by atoms with Crippen molar-refractivity contribution < 1.29 is 13.2 Å². The van der Waals surface area contributed by atoms with Gasteiger partial charge in [-0.2, -0.15) is 5.10 Å². The van der Waals surface area contributed by atoms with Gasteiger partial charge in [0.1, 0.15) is 9.96 Å². The van der Waals surface area contributed by atoms with Crippen molar-refractivity contribution in [1.82, 2.24) is 14.5 Å². The number of hydrogen-bond donors (Lipinski definition) is 1. The summed E-state index contributed by atoms with van der Waals surface area (Å²) in [4.78, 5) is 0. The van der Waals surface area contributed by atoms with Gasteiger partial charge in [0.2, 0.25) is 0 Å². The molecule has 2 aromatic heterocycles. The molecular formula is C18H20ClN3O3S2. The molecule has 0 fully saturated rings. The van der Waals surface area contributed by atoms with Gasteiger partial charge in [-0.25, -0.2) is 17.8 Å². The van der Waals surface area contributed by atoms with E-state index in [1.54, 1.807) is 24.1 Å². The van der Waals surface area contributed by atoms with Crippen LogP contribution in [0.5, 0.6) is 5.75 Å². The first-order valence-corrected chi connectivity index (χ1v) is 11.0. The largest absolute Gasteiger partial charge is 0.497 e. The van der Waals surface area contributed by atoms with E-state index in [0.29, 0.717) is 4.34 Å². The van der Waals surface area contributed by atoms with Crippen LogP contribution in [0.1, 0.15) is 25.6 Å². The Bertz CT molecular complexity index is 1010. The summed E-state index contributed by atoms with van der Waals surface area (Å²) in [5.41, 5.74) is 1.57. The highest BCUT2D eigenvalue weighted by atomic mass is 35.5. The second-order valence-corrected chi connectivity index (χ2v) is 9.92. The van der Waals surface area contributed by atoms with Crippen molar-refractivity contribution in [1.29, 1.82) is 0 Å². The fourth-order valence-electron chi connectivity index (χ4n) is 2.69. The molecule has 3 rings (SSSR count). The molecule has 0 aliphatic carbocycles. The molecule has 0 spiro atoms. The number of methoxy groups -OCH3 is 1. The highest BCUT2D eigenvalue weighted by molar-refractivity contribution is 7.91. The van der Waals surface area contributed by atoms with Crippen LogP contribution in [-0.4, -0.2) is 25.3 Å². The van der Waals surface area contributed by atoms with Gasteiger partial charge in [-0.3, -0.25) is 0 Å². The first kappa shape index (κ1) is 19.9. The Kier molecular flexibility index (Phi) is 5.90. The minimum absolute atomic E-state index is 0.00362. The zero-order chi connectivity index (χ0) is 19.6. The Balaban J connectivity index is 1.96. The maximum Gasteiger partial charge on any atom is 0.250 e. The van der Waals surface area contributed by atoms with E-state index < -0.39 is 16.1 Å². The number of rotatable bonds is 7. The van der Waals surface area contributed by atoms with E-state index in [2.05, 4.69) is 9.82 Å². The number of nitrogens with zero attached hydrogens (tertiary/aromatic N) is 2. The predicted molar refractivity (Wildman–Crippen MR) is 107 cm³/mol. The summed E-state index contributed by atoms with van der Waals surface area (Å²) in [7, 11) is -2.09. The molecule has 0 radical (unpaired) electrons. The van der Waals surface area contributed by atoms with Crippen molar-refractivity contribution in [2.24, 2.45) is 5.92 Å². The number of halogens is 1. The number of sulfonamides is 1. The zero-order valence-corrected chi connectivity index (χ0v) is 17.5. The van der Waals surface area contributed by atoms with Gasteiger partial charge in [0.25, 0.3) is 10.0 Å². The van der Waals surface area contributed by atoms with Crippen LogP contribution in [0, 0.1) is 5.92 Å². The van der Waals surface area contributed by atoms with Gasteiger partial charge in [-0.1, -0.05) is 25.4 Å². The molecule has 6 nitrogen and oxygen atoms in total. The SMILES string of the molecule is COc1ccc(-n2nccc2[C@@H](NS(=O)(=O)c2ccc(Cl)s2)C(C)C)cc1. The monoisotopic (exact) mass is 425 g/mol. The highest BCUT2D eigenvalue weighted by Gasteiger charge is 2.27. The van der Waals surface area contributed by atoms with Crippen LogP contribution in [0.4, 0.5) is 0 Å². The summed E-state index contributed by atoms with van der Waals surface area (Å²) in [6.45, 7) is 3.92. The number of aromatic nitrogens is 2. The predicted octanol–water partition coefficient (Wildman–Crippen LogP) is 4.27.